The quantitative estimate of drug-likeness (QED) is 0.174. The Balaban J connectivity index is 0.00000320. The van der Waals surface area contributed by atoms with E-state index >= 15 is 0 Å². The predicted molar refractivity (Wildman–Crippen MR) is 130 cm³/mol. The maximum atomic E-state index is 5.39. The molecule has 8 heteroatoms. The molecule has 0 unspecified atom stereocenters. The maximum absolute atomic E-state index is 5.39. The highest BCUT2D eigenvalue weighted by Crippen LogP contribution is 2.11. The highest BCUT2D eigenvalue weighted by molar-refractivity contribution is 14.0. The first-order chi connectivity index (χ1) is 14.3. The maximum Gasteiger partial charge on any atom is 0.191 e. The number of methoxy groups -OCH3 is 1. The zero-order valence-corrected chi connectivity index (χ0v) is 19.6. The molecule has 7 nitrogen and oxygen atoms in total. The molecule has 0 aliphatic carbocycles. The first-order valence-electron chi connectivity index (χ1n) is 9.98. The standard InChI is InChI=1S/C22H29N5O2.HI/c1-28-20-8-6-19(7-9-20)10-14-24-22(25-15-11-21-5-2-18-29-21)23-12-3-16-27-17-4-13-26-27;/h2,4-9,13,17-18H,3,10-12,14-16H2,1H3,(H2,23,24,25);1H. The van der Waals surface area contributed by atoms with Crippen molar-refractivity contribution in [2.45, 2.75) is 25.8 Å². The van der Waals surface area contributed by atoms with Crippen LogP contribution in [0.4, 0.5) is 0 Å². The van der Waals surface area contributed by atoms with Crippen LogP contribution in [0.1, 0.15) is 17.7 Å². The Hall–Kier alpha value is -2.49. The summed E-state index contributed by atoms with van der Waals surface area (Å²) in [6.07, 6.45) is 8.14. The van der Waals surface area contributed by atoms with Crippen molar-refractivity contribution in [1.29, 1.82) is 0 Å². The lowest BCUT2D eigenvalue weighted by atomic mass is 10.1. The summed E-state index contributed by atoms with van der Waals surface area (Å²) in [5, 5.41) is 11.0. The first-order valence-corrected chi connectivity index (χ1v) is 9.98. The Labute approximate surface area is 194 Å². The summed E-state index contributed by atoms with van der Waals surface area (Å²) in [5.74, 6) is 2.67. The monoisotopic (exact) mass is 523 g/mol. The van der Waals surface area contributed by atoms with Gasteiger partial charge in [0.15, 0.2) is 5.96 Å². The number of furan rings is 1. The van der Waals surface area contributed by atoms with Crippen LogP contribution in [-0.2, 0) is 19.4 Å². The van der Waals surface area contributed by atoms with Gasteiger partial charge in [0.25, 0.3) is 0 Å². The minimum Gasteiger partial charge on any atom is -0.497 e. The highest BCUT2D eigenvalue weighted by Gasteiger charge is 2.02. The van der Waals surface area contributed by atoms with Gasteiger partial charge in [-0.1, -0.05) is 12.1 Å². The molecule has 2 N–H and O–H groups in total. The van der Waals surface area contributed by atoms with Crippen molar-refractivity contribution in [2.24, 2.45) is 4.99 Å². The number of nitrogens with zero attached hydrogens (tertiary/aromatic N) is 3. The average Bonchev–Trinajstić information content (AvgIpc) is 3.45. The Morgan fingerprint density at radius 2 is 1.90 bits per heavy atom. The smallest absolute Gasteiger partial charge is 0.191 e. The zero-order valence-electron chi connectivity index (χ0n) is 17.3. The fourth-order valence-electron chi connectivity index (χ4n) is 2.91. The van der Waals surface area contributed by atoms with E-state index in [1.54, 1.807) is 19.6 Å². The van der Waals surface area contributed by atoms with E-state index in [4.69, 9.17) is 14.1 Å². The Morgan fingerprint density at radius 1 is 1.10 bits per heavy atom. The number of halogens is 1. The molecule has 3 rings (SSSR count). The van der Waals surface area contributed by atoms with Gasteiger partial charge in [-0.3, -0.25) is 9.67 Å². The molecule has 0 fully saturated rings. The van der Waals surface area contributed by atoms with E-state index in [1.807, 2.05) is 41.2 Å². The molecule has 0 atom stereocenters. The van der Waals surface area contributed by atoms with E-state index in [2.05, 4.69) is 27.9 Å². The molecule has 0 aliphatic heterocycles. The van der Waals surface area contributed by atoms with Crippen LogP contribution < -0.4 is 15.4 Å². The van der Waals surface area contributed by atoms with Gasteiger partial charge in [0.1, 0.15) is 11.5 Å². The number of rotatable bonds is 11. The van der Waals surface area contributed by atoms with Crippen LogP contribution in [-0.4, -0.2) is 42.5 Å². The Kier molecular flexibility index (Phi) is 10.8. The third-order valence-electron chi connectivity index (χ3n) is 4.48. The molecule has 1 aromatic carbocycles. The van der Waals surface area contributed by atoms with Crippen molar-refractivity contribution in [3.05, 3.63) is 72.4 Å². The van der Waals surface area contributed by atoms with Crippen molar-refractivity contribution in [3.63, 3.8) is 0 Å². The van der Waals surface area contributed by atoms with Crippen molar-refractivity contribution >= 4 is 29.9 Å². The van der Waals surface area contributed by atoms with Crippen LogP contribution >= 0.6 is 24.0 Å². The van der Waals surface area contributed by atoms with Crippen molar-refractivity contribution in [1.82, 2.24) is 20.4 Å². The average molecular weight is 523 g/mol. The molecule has 0 saturated carbocycles. The molecule has 0 saturated heterocycles. The second-order valence-electron chi connectivity index (χ2n) is 6.63. The van der Waals surface area contributed by atoms with E-state index in [9.17, 15) is 0 Å². The van der Waals surface area contributed by atoms with Gasteiger partial charge < -0.3 is 19.8 Å². The molecule has 162 valence electrons. The highest BCUT2D eigenvalue weighted by atomic mass is 127. The summed E-state index contributed by atoms with van der Waals surface area (Å²) in [7, 11) is 1.68. The summed E-state index contributed by atoms with van der Waals surface area (Å²) in [6, 6.07) is 14.0. The Morgan fingerprint density at radius 3 is 2.57 bits per heavy atom. The molecule has 0 spiro atoms. The zero-order chi connectivity index (χ0) is 20.2. The summed E-state index contributed by atoms with van der Waals surface area (Å²) in [6.45, 7) is 3.17. The van der Waals surface area contributed by atoms with Gasteiger partial charge in [0.05, 0.1) is 13.4 Å². The van der Waals surface area contributed by atoms with Gasteiger partial charge in [-0.2, -0.15) is 5.10 Å². The molecule has 2 aromatic heterocycles. The summed E-state index contributed by atoms with van der Waals surface area (Å²) in [5.41, 5.74) is 1.26. The second-order valence-corrected chi connectivity index (χ2v) is 6.63. The number of guanidine groups is 1. The van der Waals surface area contributed by atoms with E-state index < -0.39 is 0 Å². The number of aromatic nitrogens is 2. The van der Waals surface area contributed by atoms with Crippen LogP contribution in [0.3, 0.4) is 0 Å². The molecular formula is C22H30IN5O2. The van der Waals surface area contributed by atoms with Crippen molar-refractivity contribution < 1.29 is 9.15 Å². The largest absolute Gasteiger partial charge is 0.497 e. The van der Waals surface area contributed by atoms with E-state index in [0.29, 0.717) is 0 Å². The van der Waals surface area contributed by atoms with Gasteiger partial charge in [0.2, 0.25) is 0 Å². The summed E-state index contributed by atoms with van der Waals surface area (Å²) < 4.78 is 12.5. The molecule has 30 heavy (non-hydrogen) atoms. The SMILES string of the molecule is COc1ccc(CCNC(=NCCCn2cccn2)NCCc2ccco2)cc1.I. The molecular weight excluding hydrogens is 493 g/mol. The van der Waals surface area contributed by atoms with Crippen LogP contribution in [0.25, 0.3) is 0 Å². The predicted octanol–water partition coefficient (Wildman–Crippen LogP) is 3.51. The van der Waals surface area contributed by atoms with Gasteiger partial charge in [-0.25, -0.2) is 0 Å². The Bertz CT molecular complexity index is 833. The molecule has 3 aromatic rings. The first kappa shape index (κ1) is 23.8. The third-order valence-corrected chi connectivity index (χ3v) is 4.48. The molecule has 2 heterocycles. The van der Waals surface area contributed by atoms with Crippen LogP contribution in [0, 0.1) is 0 Å². The number of benzene rings is 1. The van der Waals surface area contributed by atoms with E-state index in [0.717, 1.165) is 62.9 Å². The van der Waals surface area contributed by atoms with Crippen molar-refractivity contribution in [3.8, 4) is 5.75 Å². The number of aryl methyl sites for hydroxylation is 1. The summed E-state index contributed by atoms with van der Waals surface area (Å²) >= 11 is 0. The fourth-order valence-corrected chi connectivity index (χ4v) is 2.91. The summed E-state index contributed by atoms with van der Waals surface area (Å²) in [4.78, 5) is 4.70. The minimum absolute atomic E-state index is 0. The third kappa shape index (κ3) is 8.48. The second kappa shape index (κ2) is 13.7. The van der Waals surface area contributed by atoms with Crippen LogP contribution in [0.15, 0.2) is 70.5 Å². The lowest BCUT2D eigenvalue weighted by Crippen LogP contribution is -2.39. The minimum atomic E-state index is 0. The van der Waals surface area contributed by atoms with E-state index in [1.165, 1.54) is 5.56 Å². The molecule has 0 aliphatic rings. The van der Waals surface area contributed by atoms with E-state index in [-0.39, 0.29) is 24.0 Å². The van der Waals surface area contributed by atoms with Crippen LogP contribution in [0.5, 0.6) is 5.75 Å². The van der Waals surface area contributed by atoms with Crippen LogP contribution in [0.2, 0.25) is 0 Å². The number of nitrogens with one attached hydrogen (secondary N) is 2. The molecule has 0 amide bonds. The number of hydrogen-bond donors (Lipinski definition) is 2. The lowest BCUT2D eigenvalue weighted by molar-refractivity contribution is 0.414. The molecule has 0 bridgehead atoms. The number of aliphatic imine (C=N–C) groups is 1. The van der Waals surface area contributed by atoms with Gasteiger partial charge >= 0.3 is 0 Å². The normalized spacial score (nSPS) is 11.0. The molecule has 0 radical (unpaired) electrons. The topological polar surface area (TPSA) is 76.6 Å². The van der Waals surface area contributed by atoms with Gasteiger partial charge in [0, 0.05) is 45.0 Å². The van der Waals surface area contributed by atoms with Gasteiger partial charge in [-0.15, -0.1) is 24.0 Å². The van der Waals surface area contributed by atoms with Gasteiger partial charge in [-0.05, 0) is 48.7 Å². The van der Waals surface area contributed by atoms with Crippen molar-refractivity contribution in [2.75, 3.05) is 26.7 Å². The fraction of sp³-hybridized carbons (Fsp3) is 0.364. The number of ether oxygens (including phenoxy) is 1. The lowest BCUT2D eigenvalue weighted by Gasteiger charge is -2.12. The number of hydrogen-bond acceptors (Lipinski definition) is 4.